The van der Waals surface area contributed by atoms with Crippen LogP contribution in [0.4, 0.5) is 0 Å². The summed E-state index contributed by atoms with van der Waals surface area (Å²) < 4.78 is 0. The van der Waals surface area contributed by atoms with Crippen LogP contribution in [0.25, 0.3) is 0 Å². The first-order chi connectivity index (χ1) is 10.9. The van der Waals surface area contributed by atoms with Crippen LogP contribution in [0, 0.1) is 6.92 Å². The smallest absolute Gasteiger partial charge is 0.0132 e. The zero-order valence-electron chi connectivity index (χ0n) is 15.9. The average molecular weight is 311 g/mol. The summed E-state index contributed by atoms with van der Waals surface area (Å²) in [5, 5.41) is 0. The summed E-state index contributed by atoms with van der Waals surface area (Å²) >= 11 is 0. The van der Waals surface area contributed by atoms with Gasteiger partial charge in [0.25, 0.3) is 0 Å². The van der Waals surface area contributed by atoms with Crippen molar-refractivity contribution in [3.63, 3.8) is 0 Å². The van der Waals surface area contributed by atoms with Gasteiger partial charge in [0, 0.05) is 0 Å². The van der Waals surface area contributed by atoms with Crippen molar-refractivity contribution in [2.45, 2.75) is 59.8 Å². The van der Waals surface area contributed by atoms with E-state index in [0.29, 0.717) is 0 Å². The lowest BCUT2D eigenvalue weighted by Gasteiger charge is -2.18. The Hall–Kier alpha value is -1.82. The van der Waals surface area contributed by atoms with E-state index in [1.54, 1.807) is 0 Å². The van der Waals surface area contributed by atoms with Crippen LogP contribution >= 0.6 is 0 Å². The van der Waals surface area contributed by atoms with Gasteiger partial charge in [-0.2, -0.15) is 0 Å². The molecule has 0 unspecified atom stereocenters. The molecule has 0 heterocycles. The fourth-order valence-electron chi connectivity index (χ4n) is 2.17. The molecule has 0 fully saturated rings. The van der Waals surface area contributed by atoms with Gasteiger partial charge in [0.15, 0.2) is 0 Å². The molecule has 126 valence electrons. The summed E-state index contributed by atoms with van der Waals surface area (Å²) in [6.07, 6.45) is 10.3. The average Bonchev–Trinajstić information content (AvgIpc) is 2.56. The number of hydrogen-bond donors (Lipinski definition) is 0. The SMILES string of the molecule is C=CC1=C(C=C)CCC=C1.CC.Cc1ccc(C(C)(C)C)cc1. The summed E-state index contributed by atoms with van der Waals surface area (Å²) in [7, 11) is 0. The minimum Gasteiger partial charge on any atom is -0.0988 e. The van der Waals surface area contributed by atoms with Gasteiger partial charge in [-0.05, 0) is 41.9 Å². The number of rotatable bonds is 2. The molecule has 0 saturated carbocycles. The monoisotopic (exact) mass is 310 g/mol. The Labute approximate surface area is 144 Å². The maximum absolute atomic E-state index is 3.74. The molecule has 0 N–H and O–H groups in total. The number of allylic oxidation sites excluding steroid dienone is 6. The van der Waals surface area contributed by atoms with Gasteiger partial charge in [-0.3, -0.25) is 0 Å². The molecule has 0 spiro atoms. The Morgan fingerprint density at radius 1 is 0.957 bits per heavy atom. The van der Waals surface area contributed by atoms with Gasteiger partial charge in [-0.25, -0.2) is 0 Å². The maximum Gasteiger partial charge on any atom is -0.0132 e. The van der Waals surface area contributed by atoms with Crippen molar-refractivity contribution in [1.82, 2.24) is 0 Å². The van der Waals surface area contributed by atoms with Crippen molar-refractivity contribution in [3.05, 3.63) is 84.0 Å². The first-order valence-corrected chi connectivity index (χ1v) is 8.60. The highest BCUT2D eigenvalue weighted by Crippen LogP contribution is 2.21. The Morgan fingerprint density at radius 3 is 1.91 bits per heavy atom. The summed E-state index contributed by atoms with van der Waals surface area (Å²) in [5.41, 5.74) is 5.56. The zero-order chi connectivity index (χ0) is 17.9. The predicted molar refractivity (Wildman–Crippen MR) is 107 cm³/mol. The molecule has 0 nitrogen and oxygen atoms in total. The molecule has 0 aliphatic heterocycles. The third kappa shape index (κ3) is 7.83. The van der Waals surface area contributed by atoms with Crippen LogP contribution in [0.3, 0.4) is 0 Å². The van der Waals surface area contributed by atoms with Crippen LogP contribution < -0.4 is 0 Å². The second kappa shape index (κ2) is 10.8. The van der Waals surface area contributed by atoms with Gasteiger partial charge in [0.05, 0.1) is 0 Å². The standard InChI is InChI=1S/C11H16.C10H12.C2H6/c1-9-5-7-10(8-6-9)11(2,3)4;1-3-9-7-5-6-8-10(9)4-2;1-2/h5-8H,1-4H3;3-5,7H,1-2,6,8H2;1-2H3. The highest BCUT2D eigenvalue weighted by Gasteiger charge is 2.11. The lowest BCUT2D eigenvalue weighted by atomic mass is 9.87. The molecule has 0 saturated heterocycles. The molecular formula is C23H34. The fourth-order valence-corrected chi connectivity index (χ4v) is 2.17. The van der Waals surface area contributed by atoms with Crippen molar-refractivity contribution < 1.29 is 0 Å². The molecule has 1 aromatic rings. The summed E-state index contributed by atoms with van der Waals surface area (Å²) in [5.74, 6) is 0. The van der Waals surface area contributed by atoms with Crippen LogP contribution in [0.2, 0.25) is 0 Å². The normalized spacial score (nSPS) is 13.3. The predicted octanol–water partition coefficient (Wildman–Crippen LogP) is 7.32. The number of aryl methyl sites for hydroxylation is 1. The van der Waals surface area contributed by atoms with E-state index in [2.05, 4.69) is 77.3 Å². The van der Waals surface area contributed by atoms with Gasteiger partial charge < -0.3 is 0 Å². The molecule has 0 aromatic heterocycles. The van der Waals surface area contributed by atoms with Crippen LogP contribution in [-0.4, -0.2) is 0 Å². The van der Waals surface area contributed by atoms with Crippen molar-refractivity contribution in [3.8, 4) is 0 Å². The van der Waals surface area contributed by atoms with Crippen molar-refractivity contribution in [2.75, 3.05) is 0 Å². The molecule has 1 aromatic carbocycles. The van der Waals surface area contributed by atoms with Crippen molar-refractivity contribution >= 4 is 0 Å². The minimum absolute atomic E-state index is 0.285. The number of hydrogen-bond acceptors (Lipinski definition) is 0. The Bertz CT molecular complexity index is 530. The van der Waals surface area contributed by atoms with Gasteiger partial charge in [0.2, 0.25) is 0 Å². The lowest BCUT2D eigenvalue weighted by Crippen LogP contribution is -2.10. The second-order valence-electron chi connectivity index (χ2n) is 6.45. The molecule has 0 radical (unpaired) electrons. The molecular weight excluding hydrogens is 276 g/mol. The van der Waals surface area contributed by atoms with Crippen LogP contribution in [0.15, 0.2) is 72.9 Å². The van der Waals surface area contributed by atoms with Gasteiger partial charge in [-0.1, -0.05) is 102 Å². The molecule has 2 rings (SSSR count). The zero-order valence-corrected chi connectivity index (χ0v) is 15.9. The van der Waals surface area contributed by atoms with Crippen LogP contribution in [-0.2, 0) is 5.41 Å². The van der Waals surface area contributed by atoms with E-state index < -0.39 is 0 Å². The molecule has 0 atom stereocenters. The van der Waals surface area contributed by atoms with E-state index in [1.807, 2.05) is 26.0 Å². The summed E-state index contributed by atoms with van der Waals surface area (Å²) in [6.45, 7) is 20.3. The van der Waals surface area contributed by atoms with E-state index in [-0.39, 0.29) is 5.41 Å². The van der Waals surface area contributed by atoms with E-state index >= 15 is 0 Å². The van der Waals surface area contributed by atoms with Crippen LogP contribution in [0.1, 0.15) is 58.6 Å². The van der Waals surface area contributed by atoms with E-state index in [1.165, 1.54) is 22.3 Å². The van der Waals surface area contributed by atoms with Crippen LogP contribution in [0.5, 0.6) is 0 Å². The van der Waals surface area contributed by atoms with Gasteiger partial charge in [-0.15, -0.1) is 0 Å². The molecule has 0 heteroatoms. The Balaban J connectivity index is 0.000000381. The topological polar surface area (TPSA) is 0 Å². The fraction of sp³-hybridized carbons (Fsp3) is 0.391. The molecule has 0 amide bonds. The molecule has 1 aliphatic carbocycles. The molecule has 1 aliphatic rings. The third-order valence-electron chi connectivity index (χ3n) is 3.63. The van der Waals surface area contributed by atoms with Gasteiger partial charge >= 0.3 is 0 Å². The summed E-state index contributed by atoms with van der Waals surface area (Å²) in [4.78, 5) is 0. The highest BCUT2D eigenvalue weighted by atomic mass is 14.2. The Kier molecular flexibility index (Phi) is 9.97. The summed E-state index contributed by atoms with van der Waals surface area (Å²) in [6, 6.07) is 8.74. The van der Waals surface area contributed by atoms with E-state index in [4.69, 9.17) is 0 Å². The highest BCUT2D eigenvalue weighted by molar-refractivity contribution is 5.41. The van der Waals surface area contributed by atoms with Gasteiger partial charge in [0.1, 0.15) is 0 Å². The first kappa shape index (κ1) is 21.2. The quantitative estimate of drug-likeness (QED) is 0.536. The maximum atomic E-state index is 3.74. The largest absolute Gasteiger partial charge is 0.0988 e. The van der Waals surface area contributed by atoms with Crippen molar-refractivity contribution in [2.24, 2.45) is 0 Å². The molecule has 0 bridgehead atoms. The first-order valence-electron chi connectivity index (χ1n) is 8.60. The third-order valence-corrected chi connectivity index (χ3v) is 3.63. The second-order valence-corrected chi connectivity index (χ2v) is 6.45. The molecule has 23 heavy (non-hydrogen) atoms. The minimum atomic E-state index is 0.285. The Morgan fingerprint density at radius 2 is 1.52 bits per heavy atom. The van der Waals surface area contributed by atoms with Crippen molar-refractivity contribution in [1.29, 1.82) is 0 Å². The van der Waals surface area contributed by atoms with E-state index in [9.17, 15) is 0 Å². The number of benzene rings is 1. The lowest BCUT2D eigenvalue weighted by molar-refractivity contribution is 0.590. The van der Waals surface area contributed by atoms with E-state index in [0.717, 1.165) is 12.8 Å².